The molecule has 2 aromatic rings. The summed E-state index contributed by atoms with van der Waals surface area (Å²) in [5.41, 5.74) is 2.23. The summed E-state index contributed by atoms with van der Waals surface area (Å²) in [4.78, 5) is 4.42. The van der Waals surface area contributed by atoms with Crippen molar-refractivity contribution in [3.8, 4) is 17.2 Å². The van der Waals surface area contributed by atoms with Crippen molar-refractivity contribution < 1.29 is 18.9 Å². The van der Waals surface area contributed by atoms with Gasteiger partial charge in [-0.25, -0.2) is 0 Å². The molecule has 2 aromatic carbocycles. The molecule has 0 aliphatic carbocycles. The third-order valence-electron chi connectivity index (χ3n) is 6.03. The lowest BCUT2D eigenvalue weighted by Gasteiger charge is -2.38. The first-order valence-electron chi connectivity index (χ1n) is 11.0. The molecule has 0 amide bonds. The van der Waals surface area contributed by atoms with Crippen LogP contribution in [0.25, 0.3) is 0 Å². The highest BCUT2D eigenvalue weighted by molar-refractivity contribution is 5.79. The number of fused-ring (bicyclic) bond motifs is 1. The van der Waals surface area contributed by atoms with Crippen LogP contribution in [0.3, 0.4) is 0 Å². The van der Waals surface area contributed by atoms with Gasteiger partial charge in [0.25, 0.3) is 0 Å². The van der Waals surface area contributed by atoms with Crippen LogP contribution in [-0.2, 0) is 16.7 Å². The lowest BCUT2D eigenvalue weighted by molar-refractivity contribution is 0.0513. The number of hydrogen-bond donors (Lipinski definition) is 2. The van der Waals surface area contributed by atoms with Crippen LogP contribution >= 0.6 is 0 Å². The molecule has 4 rings (SSSR count). The van der Waals surface area contributed by atoms with Gasteiger partial charge in [-0.3, -0.25) is 4.99 Å². The quantitative estimate of drug-likeness (QED) is 0.375. The summed E-state index contributed by atoms with van der Waals surface area (Å²) < 4.78 is 22.5. The standard InChI is InChI=1S/C25H31N3O4/c1-3-12-30-21-7-5-4-6-19(21)16-27-24(26-2)28-17-25(10-13-29-14-11-25)20-8-9-22-23(15-20)32-18-31-22/h3-9,15H,1,10-14,16-18H2,2H3,(H2,26,27,28). The molecule has 2 aliphatic rings. The summed E-state index contributed by atoms with van der Waals surface area (Å²) in [5, 5.41) is 6.94. The van der Waals surface area contributed by atoms with Crippen molar-refractivity contribution in [2.45, 2.75) is 24.8 Å². The molecule has 32 heavy (non-hydrogen) atoms. The predicted octanol–water partition coefficient (Wildman–Crippen LogP) is 3.39. The molecule has 0 radical (unpaired) electrons. The molecule has 0 unspecified atom stereocenters. The van der Waals surface area contributed by atoms with Gasteiger partial charge in [-0.05, 0) is 36.6 Å². The lowest BCUT2D eigenvalue weighted by atomic mass is 9.74. The van der Waals surface area contributed by atoms with Gasteiger partial charge in [0.2, 0.25) is 6.79 Å². The van der Waals surface area contributed by atoms with Crippen LogP contribution in [-0.4, -0.2) is 46.2 Å². The summed E-state index contributed by atoms with van der Waals surface area (Å²) >= 11 is 0. The molecule has 1 fully saturated rings. The van der Waals surface area contributed by atoms with Gasteiger partial charge in [0.1, 0.15) is 12.4 Å². The molecule has 7 heteroatoms. The molecular weight excluding hydrogens is 406 g/mol. The van der Waals surface area contributed by atoms with E-state index >= 15 is 0 Å². The van der Waals surface area contributed by atoms with Crippen molar-refractivity contribution in [2.24, 2.45) is 4.99 Å². The van der Waals surface area contributed by atoms with E-state index in [1.807, 2.05) is 30.3 Å². The third kappa shape index (κ3) is 4.99. The van der Waals surface area contributed by atoms with E-state index < -0.39 is 0 Å². The maximum Gasteiger partial charge on any atom is 0.231 e. The molecule has 0 saturated carbocycles. The second kappa shape index (κ2) is 10.4. The van der Waals surface area contributed by atoms with Gasteiger partial charge in [-0.1, -0.05) is 36.9 Å². The second-order valence-corrected chi connectivity index (χ2v) is 7.95. The number of aliphatic imine (C=N–C) groups is 1. The van der Waals surface area contributed by atoms with Crippen molar-refractivity contribution in [2.75, 3.05) is 40.2 Å². The average molecular weight is 438 g/mol. The fraction of sp³-hybridized carbons (Fsp3) is 0.400. The molecule has 7 nitrogen and oxygen atoms in total. The molecule has 0 aromatic heterocycles. The number of ether oxygens (including phenoxy) is 4. The second-order valence-electron chi connectivity index (χ2n) is 7.95. The summed E-state index contributed by atoms with van der Waals surface area (Å²) in [7, 11) is 1.78. The Bertz CT molecular complexity index is 954. The zero-order valence-corrected chi connectivity index (χ0v) is 18.6. The Morgan fingerprint density at radius 3 is 2.75 bits per heavy atom. The molecule has 0 bridgehead atoms. The molecule has 2 heterocycles. The Balaban J connectivity index is 1.43. The minimum Gasteiger partial charge on any atom is -0.489 e. The van der Waals surface area contributed by atoms with Crippen LogP contribution in [0.5, 0.6) is 17.2 Å². The van der Waals surface area contributed by atoms with Gasteiger partial charge in [-0.2, -0.15) is 0 Å². The Morgan fingerprint density at radius 2 is 1.94 bits per heavy atom. The zero-order valence-electron chi connectivity index (χ0n) is 18.6. The van der Waals surface area contributed by atoms with Crippen molar-refractivity contribution in [1.29, 1.82) is 0 Å². The SMILES string of the molecule is C=CCOc1ccccc1CNC(=NC)NCC1(c2ccc3c(c2)OCO3)CCOCC1. The van der Waals surface area contributed by atoms with Gasteiger partial charge in [0, 0.05) is 44.3 Å². The summed E-state index contributed by atoms with van der Waals surface area (Å²) in [6.45, 7) is 7.28. The van der Waals surface area contributed by atoms with Crippen LogP contribution in [0.1, 0.15) is 24.0 Å². The smallest absolute Gasteiger partial charge is 0.231 e. The van der Waals surface area contributed by atoms with E-state index in [-0.39, 0.29) is 12.2 Å². The van der Waals surface area contributed by atoms with Crippen LogP contribution in [0.15, 0.2) is 60.1 Å². The number of nitrogens with one attached hydrogen (secondary N) is 2. The van der Waals surface area contributed by atoms with Crippen LogP contribution in [0, 0.1) is 0 Å². The van der Waals surface area contributed by atoms with Gasteiger partial charge < -0.3 is 29.6 Å². The van der Waals surface area contributed by atoms with Crippen LogP contribution in [0.2, 0.25) is 0 Å². The summed E-state index contributed by atoms with van der Waals surface area (Å²) in [6.07, 6.45) is 3.60. The minimum atomic E-state index is -0.0676. The van der Waals surface area contributed by atoms with Gasteiger partial charge in [-0.15, -0.1) is 0 Å². The van der Waals surface area contributed by atoms with E-state index in [1.54, 1.807) is 13.1 Å². The topological polar surface area (TPSA) is 73.3 Å². The maximum atomic E-state index is 5.76. The van der Waals surface area contributed by atoms with Crippen molar-refractivity contribution in [1.82, 2.24) is 10.6 Å². The minimum absolute atomic E-state index is 0.0676. The summed E-state index contributed by atoms with van der Waals surface area (Å²) in [6, 6.07) is 14.2. The first-order chi connectivity index (χ1) is 15.7. The number of para-hydroxylation sites is 1. The van der Waals surface area contributed by atoms with Gasteiger partial charge in [0.15, 0.2) is 17.5 Å². The Hall–Kier alpha value is -3.19. The number of benzene rings is 2. The number of guanidine groups is 1. The van der Waals surface area contributed by atoms with E-state index in [2.05, 4.69) is 34.3 Å². The van der Waals surface area contributed by atoms with Gasteiger partial charge in [0.05, 0.1) is 0 Å². The third-order valence-corrected chi connectivity index (χ3v) is 6.03. The first kappa shape index (κ1) is 22.0. The van der Waals surface area contributed by atoms with E-state index in [4.69, 9.17) is 18.9 Å². The molecule has 1 saturated heterocycles. The predicted molar refractivity (Wildman–Crippen MR) is 125 cm³/mol. The average Bonchev–Trinajstić information content (AvgIpc) is 3.32. The Morgan fingerprint density at radius 1 is 1.12 bits per heavy atom. The first-order valence-corrected chi connectivity index (χ1v) is 11.0. The fourth-order valence-electron chi connectivity index (χ4n) is 4.15. The highest BCUT2D eigenvalue weighted by atomic mass is 16.7. The normalized spacial score (nSPS) is 17.0. The van der Waals surface area contributed by atoms with Crippen molar-refractivity contribution >= 4 is 5.96 Å². The molecule has 2 aliphatic heterocycles. The number of rotatable bonds is 8. The highest BCUT2D eigenvalue weighted by Crippen LogP contribution is 2.40. The number of hydrogen-bond acceptors (Lipinski definition) is 5. The molecule has 0 atom stereocenters. The maximum absolute atomic E-state index is 5.76. The summed E-state index contributed by atoms with van der Waals surface area (Å²) in [5.74, 6) is 3.21. The molecule has 0 spiro atoms. The highest BCUT2D eigenvalue weighted by Gasteiger charge is 2.35. The molecule has 170 valence electrons. The fourth-order valence-corrected chi connectivity index (χ4v) is 4.15. The largest absolute Gasteiger partial charge is 0.489 e. The monoisotopic (exact) mass is 437 g/mol. The number of nitrogens with zero attached hydrogens (tertiary/aromatic N) is 1. The van der Waals surface area contributed by atoms with Crippen LogP contribution < -0.4 is 24.8 Å². The van der Waals surface area contributed by atoms with E-state index in [0.717, 1.165) is 61.4 Å². The van der Waals surface area contributed by atoms with Gasteiger partial charge >= 0.3 is 0 Å². The van der Waals surface area contributed by atoms with E-state index in [1.165, 1.54) is 5.56 Å². The Kier molecular flexibility index (Phi) is 7.17. The van der Waals surface area contributed by atoms with E-state index in [0.29, 0.717) is 13.2 Å². The van der Waals surface area contributed by atoms with Crippen molar-refractivity contribution in [3.05, 3.63) is 66.2 Å². The van der Waals surface area contributed by atoms with Crippen molar-refractivity contribution in [3.63, 3.8) is 0 Å². The Labute approximate surface area is 189 Å². The van der Waals surface area contributed by atoms with Crippen LogP contribution in [0.4, 0.5) is 0 Å². The lowest BCUT2D eigenvalue weighted by Crippen LogP contribution is -2.47. The molecular formula is C25H31N3O4. The zero-order chi connectivity index (χ0) is 22.2. The van der Waals surface area contributed by atoms with E-state index in [9.17, 15) is 0 Å². The molecule has 2 N–H and O–H groups in total.